The number of amides is 2. The van der Waals surface area contributed by atoms with Crippen molar-refractivity contribution >= 4 is 11.8 Å². The van der Waals surface area contributed by atoms with Crippen LogP contribution >= 0.6 is 0 Å². The fourth-order valence-electron chi connectivity index (χ4n) is 1.85. The molecule has 0 aliphatic heterocycles. The molecule has 0 aromatic rings. The van der Waals surface area contributed by atoms with Crippen molar-refractivity contribution in [2.24, 2.45) is 5.73 Å². The maximum absolute atomic E-state index is 12.3. The first-order valence-electron chi connectivity index (χ1n) is 6.18. The summed E-state index contributed by atoms with van der Waals surface area (Å²) in [7, 11) is 4.91. The van der Waals surface area contributed by atoms with Gasteiger partial charge in [-0.2, -0.15) is 0 Å². The highest BCUT2D eigenvalue weighted by Gasteiger charge is 2.43. The molecule has 104 valence electrons. The predicted molar refractivity (Wildman–Crippen MR) is 67.9 cm³/mol. The van der Waals surface area contributed by atoms with Crippen molar-refractivity contribution in [1.29, 1.82) is 0 Å². The molecular formula is C12H23N3O3. The molecule has 0 heterocycles. The van der Waals surface area contributed by atoms with Crippen molar-refractivity contribution in [3.8, 4) is 0 Å². The Labute approximate surface area is 108 Å². The lowest BCUT2D eigenvalue weighted by Crippen LogP contribution is -2.61. The van der Waals surface area contributed by atoms with Crippen LogP contribution in [-0.2, 0) is 14.3 Å². The summed E-state index contributed by atoms with van der Waals surface area (Å²) in [6.07, 6.45) is 2.37. The molecule has 0 atom stereocenters. The van der Waals surface area contributed by atoms with Crippen LogP contribution in [0, 0.1) is 0 Å². The van der Waals surface area contributed by atoms with Gasteiger partial charge in [0.05, 0.1) is 18.7 Å². The molecule has 0 aromatic carbocycles. The van der Waals surface area contributed by atoms with Crippen molar-refractivity contribution in [2.45, 2.75) is 24.8 Å². The molecule has 1 rings (SSSR count). The van der Waals surface area contributed by atoms with Crippen LogP contribution in [0.1, 0.15) is 19.3 Å². The predicted octanol–water partition coefficient (Wildman–Crippen LogP) is -0.569. The topological polar surface area (TPSA) is 75.9 Å². The quantitative estimate of drug-likeness (QED) is 0.691. The van der Waals surface area contributed by atoms with E-state index in [1.807, 2.05) is 0 Å². The second kappa shape index (κ2) is 6.15. The molecule has 18 heavy (non-hydrogen) atoms. The second-order valence-electron chi connectivity index (χ2n) is 5.02. The smallest absolute Gasteiger partial charge is 0.243 e. The van der Waals surface area contributed by atoms with Gasteiger partial charge in [-0.25, -0.2) is 0 Å². The third-order valence-electron chi connectivity index (χ3n) is 3.35. The number of carbonyl (C=O) groups is 2. The number of nitrogens with two attached hydrogens (primary N) is 1. The normalized spacial score (nSPS) is 16.9. The molecule has 6 heteroatoms. The Hall–Kier alpha value is -1.14. The third kappa shape index (κ3) is 3.43. The summed E-state index contributed by atoms with van der Waals surface area (Å²) in [6.45, 7) is 0.866. The van der Waals surface area contributed by atoms with E-state index in [2.05, 4.69) is 0 Å². The van der Waals surface area contributed by atoms with Crippen molar-refractivity contribution in [1.82, 2.24) is 9.80 Å². The number of nitrogens with zero attached hydrogens (tertiary/aromatic N) is 2. The lowest BCUT2D eigenvalue weighted by molar-refractivity contribution is -0.145. The number of hydrogen-bond donors (Lipinski definition) is 1. The van der Waals surface area contributed by atoms with Crippen LogP contribution in [0.5, 0.6) is 0 Å². The van der Waals surface area contributed by atoms with Gasteiger partial charge in [0.1, 0.15) is 0 Å². The number of likely N-dealkylation sites (N-methyl/N-ethyl adjacent to an activating group) is 1. The first-order chi connectivity index (χ1) is 8.40. The summed E-state index contributed by atoms with van der Waals surface area (Å²) in [6, 6.07) is 0. The molecule has 1 fully saturated rings. The SMILES string of the molecule is COCCN(CC(=O)N(C)C)C(=O)C1(N)CCC1. The van der Waals surface area contributed by atoms with Crippen LogP contribution < -0.4 is 5.73 Å². The van der Waals surface area contributed by atoms with Crippen LogP contribution in [0.2, 0.25) is 0 Å². The van der Waals surface area contributed by atoms with Crippen LogP contribution in [0.25, 0.3) is 0 Å². The third-order valence-corrected chi connectivity index (χ3v) is 3.35. The standard InChI is InChI=1S/C12H23N3O3/c1-14(2)10(16)9-15(7-8-18-3)11(17)12(13)5-4-6-12/h4-9,13H2,1-3H3. The van der Waals surface area contributed by atoms with Crippen LogP contribution in [-0.4, -0.2) is 68.1 Å². The Morgan fingerprint density at radius 2 is 1.94 bits per heavy atom. The summed E-state index contributed by atoms with van der Waals surface area (Å²) < 4.78 is 4.97. The lowest BCUT2D eigenvalue weighted by Gasteiger charge is -2.40. The maximum Gasteiger partial charge on any atom is 0.243 e. The average molecular weight is 257 g/mol. The molecule has 2 amide bonds. The molecule has 0 spiro atoms. The van der Waals surface area contributed by atoms with Gasteiger partial charge < -0.3 is 20.3 Å². The van der Waals surface area contributed by atoms with Crippen molar-refractivity contribution in [3.05, 3.63) is 0 Å². The molecule has 0 radical (unpaired) electrons. The van der Waals surface area contributed by atoms with Gasteiger partial charge in [-0.05, 0) is 19.3 Å². The summed E-state index contributed by atoms with van der Waals surface area (Å²) in [5, 5.41) is 0. The summed E-state index contributed by atoms with van der Waals surface area (Å²) in [5.74, 6) is -0.247. The number of ether oxygens (including phenoxy) is 1. The van der Waals surface area contributed by atoms with Gasteiger partial charge >= 0.3 is 0 Å². The molecule has 6 nitrogen and oxygen atoms in total. The summed E-state index contributed by atoms with van der Waals surface area (Å²) in [4.78, 5) is 27.0. The minimum Gasteiger partial charge on any atom is -0.383 e. The highest BCUT2D eigenvalue weighted by Crippen LogP contribution is 2.30. The Bertz CT molecular complexity index is 314. The van der Waals surface area contributed by atoms with E-state index in [4.69, 9.17) is 10.5 Å². The van der Waals surface area contributed by atoms with E-state index >= 15 is 0 Å². The van der Waals surface area contributed by atoms with Gasteiger partial charge in [-0.3, -0.25) is 9.59 Å². The minimum absolute atomic E-state index is 0.0636. The number of methoxy groups -OCH3 is 1. The van der Waals surface area contributed by atoms with Gasteiger partial charge in [-0.1, -0.05) is 0 Å². The van der Waals surface area contributed by atoms with Crippen molar-refractivity contribution < 1.29 is 14.3 Å². The van der Waals surface area contributed by atoms with E-state index in [0.717, 1.165) is 6.42 Å². The Balaban J connectivity index is 2.65. The largest absolute Gasteiger partial charge is 0.383 e. The van der Waals surface area contributed by atoms with Crippen molar-refractivity contribution in [3.63, 3.8) is 0 Å². The first-order valence-corrected chi connectivity index (χ1v) is 6.18. The Kier molecular flexibility index (Phi) is 5.10. The molecule has 1 aliphatic carbocycles. The molecule has 2 N–H and O–H groups in total. The first kappa shape index (κ1) is 14.9. The van der Waals surface area contributed by atoms with E-state index in [1.54, 1.807) is 21.2 Å². The average Bonchev–Trinajstić information content (AvgIpc) is 2.30. The van der Waals surface area contributed by atoms with E-state index in [-0.39, 0.29) is 18.4 Å². The van der Waals surface area contributed by atoms with Gasteiger partial charge in [0.15, 0.2) is 0 Å². The monoisotopic (exact) mass is 257 g/mol. The van der Waals surface area contributed by atoms with E-state index in [0.29, 0.717) is 26.0 Å². The molecule has 0 aromatic heterocycles. The molecular weight excluding hydrogens is 234 g/mol. The van der Waals surface area contributed by atoms with Gasteiger partial charge in [0, 0.05) is 27.7 Å². The minimum atomic E-state index is -0.764. The highest BCUT2D eigenvalue weighted by atomic mass is 16.5. The summed E-state index contributed by atoms with van der Waals surface area (Å²) >= 11 is 0. The zero-order chi connectivity index (χ0) is 13.8. The Morgan fingerprint density at radius 1 is 1.33 bits per heavy atom. The number of carbonyl (C=O) groups excluding carboxylic acids is 2. The van der Waals surface area contributed by atoms with E-state index in [9.17, 15) is 9.59 Å². The Morgan fingerprint density at radius 3 is 2.33 bits per heavy atom. The van der Waals surface area contributed by atoms with Gasteiger partial charge in [0.25, 0.3) is 0 Å². The molecule has 0 bridgehead atoms. The lowest BCUT2D eigenvalue weighted by atomic mass is 9.76. The highest BCUT2D eigenvalue weighted by molar-refractivity contribution is 5.90. The van der Waals surface area contributed by atoms with Gasteiger partial charge in [0.2, 0.25) is 11.8 Å². The van der Waals surface area contributed by atoms with E-state index < -0.39 is 5.54 Å². The molecule has 0 saturated heterocycles. The number of rotatable bonds is 6. The van der Waals surface area contributed by atoms with Crippen molar-refractivity contribution in [2.75, 3.05) is 40.9 Å². The van der Waals surface area contributed by atoms with Crippen LogP contribution in [0.15, 0.2) is 0 Å². The van der Waals surface area contributed by atoms with Crippen LogP contribution in [0.3, 0.4) is 0 Å². The second-order valence-corrected chi connectivity index (χ2v) is 5.02. The van der Waals surface area contributed by atoms with E-state index in [1.165, 1.54) is 9.80 Å². The molecule has 1 aliphatic rings. The molecule has 0 unspecified atom stereocenters. The zero-order valence-corrected chi connectivity index (χ0v) is 11.4. The number of hydrogen-bond acceptors (Lipinski definition) is 4. The van der Waals surface area contributed by atoms with Gasteiger partial charge in [-0.15, -0.1) is 0 Å². The molecule has 1 saturated carbocycles. The zero-order valence-electron chi connectivity index (χ0n) is 11.4. The fourth-order valence-corrected chi connectivity index (χ4v) is 1.85. The fraction of sp³-hybridized carbons (Fsp3) is 0.833. The maximum atomic E-state index is 12.3. The summed E-state index contributed by atoms with van der Waals surface area (Å²) in [5.41, 5.74) is 5.25. The van der Waals surface area contributed by atoms with Crippen LogP contribution in [0.4, 0.5) is 0 Å².